The van der Waals surface area contributed by atoms with Crippen LogP contribution in [0.3, 0.4) is 0 Å². The van der Waals surface area contributed by atoms with E-state index < -0.39 is 6.10 Å². The monoisotopic (exact) mass is 422 g/mol. The zero-order chi connectivity index (χ0) is 21.2. The number of urea groups is 1. The third kappa shape index (κ3) is 4.59. The molecule has 2 saturated heterocycles. The highest BCUT2D eigenvalue weighted by molar-refractivity contribution is 5.76. The van der Waals surface area contributed by atoms with E-state index in [0.717, 1.165) is 38.4 Å². The lowest BCUT2D eigenvalue weighted by Crippen LogP contribution is -2.43. The molecule has 2 amide bonds. The normalized spacial score (nSPS) is 20.6. The summed E-state index contributed by atoms with van der Waals surface area (Å²) in [5, 5.41) is 10.6. The molecule has 1 atom stereocenters. The van der Waals surface area contributed by atoms with Crippen LogP contribution in [0, 0.1) is 0 Å². The van der Waals surface area contributed by atoms with E-state index in [9.17, 15) is 9.90 Å². The minimum atomic E-state index is -0.545. The lowest BCUT2D eigenvalue weighted by molar-refractivity contribution is 0.00827. The van der Waals surface area contributed by atoms with Crippen molar-refractivity contribution in [2.75, 3.05) is 45.9 Å². The van der Waals surface area contributed by atoms with Crippen molar-refractivity contribution < 1.29 is 14.6 Å². The van der Waals surface area contributed by atoms with Crippen LogP contribution < -0.4 is 0 Å². The van der Waals surface area contributed by atoms with E-state index in [2.05, 4.69) is 40.2 Å². The number of aliphatic hydroxyl groups excluding tert-OH is 1. The molecule has 0 saturated carbocycles. The van der Waals surface area contributed by atoms with Crippen molar-refractivity contribution in [3.63, 3.8) is 0 Å². The van der Waals surface area contributed by atoms with Crippen LogP contribution in [0.15, 0.2) is 42.6 Å². The molecule has 164 valence electrons. The van der Waals surface area contributed by atoms with Crippen molar-refractivity contribution in [3.05, 3.63) is 65.0 Å². The van der Waals surface area contributed by atoms with Crippen molar-refractivity contribution >= 4 is 6.03 Å². The fourth-order valence-corrected chi connectivity index (χ4v) is 4.66. The first-order valence-corrected chi connectivity index (χ1v) is 11.2. The highest BCUT2D eigenvalue weighted by atomic mass is 16.5. The van der Waals surface area contributed by atoms with E-state index in [1.807, 2.05) is 17.2 Å². The third-order valence-electron chi connectivity index (χ3n) is 6.60. The van der Waals surface area contributed by atoms with Gasteiger partial charge in [0.1, 0.15) is 0 Å². The number of β-amino-alcohol motifs (C(OH)–C–C–N with tert-alkyl or cyclic N) is 1. The Labute approximate surface area is 183 Å². The number of carbonyl (C=O) groups excluding carboxylic acids is 1. The summed E-state index contributed by atoms with van der Waals surface area (Å²) in [4.78, 5) is 23.2. The van der Waals surface area contributed by atoms with E-state index in [4.69, 9.17) is 4.74 Å². The number of hydrogen-bond donors (Lipinski definition) is 1. The predicted molar refractivity (Wildman–Crippen MR) is 117 cm³/mol. The zero-order valence-corrected chi connectivity index (χ0v) is 17.8. The first-order chi connectivity index (χ1) is 15.2. The van der Waals surface area contributed by atoms with Gasteiger partial charge >= 0.3 is 6.03 Å². The van der Waals surface area contributed by atoms with E-state index in [1.165, 1.54) is 16.7 Å². The zero-order valence-electron chi connectivity index (χ0n) is 17.8. The number of rotatable bonds is 7. The van der Waals surface area contributed by atoms with E-state index >= 15 is 0 Å². The minimum absolute atomic E-state index is 0.0127. The molecule has 4 heterocycles. The lowest BCUT2D eigenvalue weighted by Gasteiger charge is -2.31. The Morgan fingerprint density at radius 1 is 1.03 bits per heavy atom. The molecule has 3 aliphatic heterocycles. The van der Waals surface area contributed by atoms with Crippen LogP contribution in [-0.2, 0) is 24.2 Å². The number of aromatic nitrogens is 1. The molecule has 0 aliphatic carbocycles. The summed E-state index contributed by atoms with van der Waals surface area (Å²) in [5.41, 5.74) is 4.84. The fraction of sp³-hybridized carbons (Fsp3) is 0.500. The molecule has 3 aliphatic rings. The predicted octanol–water partition coefficient (Wildman–Crippen LogP) is 1.85. The van der Waals surface area contributed by atoms with Crippen LogP contribution in [0.2, 0.25) is 0 Å². The van der Waals surface area contributed by atoms with Gasteiger partial charge in [-0.15, -0.1) is 0 Å². The van der Waals surface area contributed by atoms with Gasteiger partial charge in [0.2, 0.25) is 0 Å². The number of amides is 2. The van der Waals surface area contributed by atoms with Gasteiger partial charge in [-0.2, -0.15) is 0 Å². The molecule has 1 N–H and O–H groups in total. The number of carbonyl (C=O) groups is 1. The number of fused-ring (bicyclic) bond motifs is 1. The van der Waals surface area contributed by atoms with E-state index in [0.29, 0.717) is 38.6 Å². The molecule has 0 bridgehead atoms. The van der Waals surface area contributed by atoms with Gasteiger partial charge in [0.05, 0.1) is 31.6 Å². The van der Waals surface area contributed by atoms with Crippen LogP contribution in [0.4, 0.5) is 4.79 Å². The largest absolute Gasteiger partial charge is 0.390 e. The molecule has 1 aromatic carbocycles. The standard InChI is InChI=1S/C24H30N4O3/c29-23(14-26-8-7-18-3-1-2-4-20(18)12-26)15-28-10-9-27(24(28)30)13-22-6-5-19(11-25-22)21-16-31-17-21/h1-6,11,21,23,29H,7-10,12-17H2. The van der Waals surface area contributed by atoms with Crippen LogP contribution in [-0.4, -0.2) is 82.9 Å². The van der Waals surface area contributed by atoms with Gasteiger partial charge in [-0.25, -0.2) is 4.79 Å². The van der Waals surface area contributed by atoms with E-state index in [1.54, 1.807) is 4.90 Å². The molecule has 0 spiro atoms. The topological polar surface area (TPSA) is 69.1 Å². The first kappa shape index (κ1) is 20.4. The maximum absolute atomic E-state index is 12.8. The molecule has 0 radical (unpaired) electrons. The first-order valence-electron chi connectivity index (χ1n) is 11.2. The maximum Gasteiger partial charge on any atom is 0.320 e. The number of nitrogens with zero attached hydrogens (tertiary/aromatic N) is 4. The van der Waals surface area contributed by atoms with Gasteiger partial charge in [0.15, 0.2) is 0 Å². The summed E-state index contributed by atoms with van der Waals surface area (Å²) in [7, 11) is 0. The Morgan fingerprint density at radius 2 is 1.84 bits per heavy atom. The van der Waals surface area contributed by atoms with Crippen molar-refractivity contribution in [1.82, 2.24) is 19.7 Å². The molecular weight excluding hydrogens is 392 g/mol. The fourth-order valence-electron chi connectivity index (χ4n) is 4.66. The highest BCUT2D eigenvalue weighted by Crippen LogP contribution is 2.24. The summed E-state index contributed by atoms with van der Waals surface area (Å²) < 4.78 is 5.24. The Hall–Kier alpha value is -2.48. The van der Waals surface area contributed by atoms with Gasteiger partial charge in [0, 0.05) is 51.4 Å². The lowest BCUT2D eigenvalue weighted by atomic mass is 9.99. The molecule has 2 aromatic rings. The summed E-state index contributed by atoms with van der Waals surface area (Å²) in [6.07, 6.45) is 2.37. The van der Waals surface area contributed by atoms with Crippen molar-refractivity contribution in [2.24, 2.45) is 0 Å². The molecule has 2 fully saturated rings. The summed E-state index contributed by atoms with van der Waals surface area (Å²) in [6, 6.07) is 12.6. The maximum atomic E-state index is 12.8. The minimum Gasteiger partial charge on any atom is -0.390 e. The number of hydrogen-bond acceptors (Lipinski definition) is 5. The van der Waals surface area contributed by atoms with Gasteiger partial charge in [0.25, 0.3) is 0 Å². The second-order valence-corrected chi connectivity index (χ2v) is 8.88. The van der Waals surface area contributed by atoms with Gasteiger partial charge in [-0.1, -0.05) is 30.3 Å². The molecule has 5 rings (SSSR count). The van der Waals surface area contributed by atoms with Crippen LogP contribution in [0.1, 0.15) is 28.3 Å². The van der Waals surface area contributed by atoms with Gasteiger partial charge in [-0.05, 0) is 29.2 Å². The van der Waals surface area contributed by atoms with Crippen LogP contribution in [0.25, 0.3) is 0 Å². The van der Waals surface area contributed by atoms with Crippen LogP contribution in [0.5, 0.6) is 0 Å². The third-order valence-corrected chi connectivity index (χ3v) is 6.60. The summed E-state index contributed by atoms with van der Waals surface area (Å²) >= 11 is 0. The SMILES string of the molecule is O=C1N(Cc2ccc(C3COC3)cn2)CCN1CC(O)CN1CCc2ccccc2C1. The van der Waals surface area contributed by atoms with Gasteiger partial charge in [-0.3, -0.25) is 9.88 Å². The Morgan fingerprint density at radius 3 is 2.58 bits per heavy atom. The second-order valence-electron chi connectivity index (χ2n) is 8.88. The second kappa shape index (κ2) is 8.94. The summed E-state index contributed by atoms with van der Waals surface area (Å²) in [6.45, 7) is 6.15. The average molecular weight is 423 g/mol. The molecule has 7 nitrogen and oxygen atoms in total. The molecule has 7 heteroatoms. The van der Waals surface area contributed by atoms with Crippen molar-refractivity contribution in [1.29, 1.82) is 0 Å². The Balaban J connectivity index is 1.10. The Bertz CT molecular complexity index is 915. The van der Waals surface area contributed by atoms with Crippen molar-refractivity contribution in [3.8, 4) is 0 Å². The highest BCUT2D eigenvalue weighted by Gasteiger charge is 2.31. The van der Waals surface area contributed by atoms with Gasteiger partial charge < -0.3 is 19.6 Å². The van der Waals surface area contributed by atoms with E-state index in [-0.39, 0.29) is 6.03 Å². The molecule has 1 aromatic heterocycles. The van der Waals surface area contributed by atoms with Crippen LogP contribution >= 0.6 is 0 Å². The number of aliphatic hydroxyl groups is 1. The number of ether oxygens (including phenoxy) is 1. The number of benzene rings is 1. The quantitative estimate of drug-likeness (QED) is 0.738. The number of pyridine rings is 1. The molecular formula is C24H30N4O3. The average Bonchev–Trinajstić information content (AvgIpc) is 3.07. The molecule has 31 heavy (non-hydrogen) atoms. The van der Waals surface area contributed by atoms with Crippen molar-refractivity contribution in [2.45, 2.75) is 31.5 Å². The molecule has 1 unspecified atom stereocenters. The Kier molecular flexibility index (Phi) is 5.89. The smallest absolute Gasteiger partial charge is 0.320 e. The summed E-state index contributed by atoms with van der Waals surface area (Å²) in [5.74, 6) is 0.459.